The van der Waals surface area contributed by atoms with E-state index in [0.717, 1.165) is 11.2 Å². The first kappa shape index (κ1) is 14.9. The molecule has 2 aromatic rings. The fourth-order valence-corrected chi connectivity index (χ4v) is 3.45. The average molecular weight is 335 g/mol. The van der Waals surface area contributed by atoms with Crippen molar-refractivity contribution in [2.45, 2.75) is 18.2 Å². The van der Waals surface area contributed by atoms with Gasteiger partial charge >= 0.3 is 0 Å². The second kappa shape index (κ2) is 5.87. The molecule has 0 saturated heterocycles. The van der Waals surface area contributed by atoms with Crippen LogP contribution in [0.4, 0.5) is 10.9 Å². The van der Waals surface area contributed by atoms with E-state index in [1.165, 1.54) is 17.4 Å². The number of halogens is 1. The monoisotopic (exact) mass is 334 g/mol. The van der Waals surface area contributed by atoms with E-state index < -0.39 is 10.0 Å². The maximum absolute atomic E-state index is 12.1. The van der Waals surface area contributed by atoms with Crippen molar-refractivity contribution < 1.29 is 8.42 Å². The number of hydrogen-bond acceptors (Lipinski definition) is 8. The standard InChI is InChI=1S/C9H11ClN6O2S2/c1-2-7-14-15-9(19-7)16-20(17,18)5-3-6(10)8(13-11)12-4-5/h3-4H,2,11H2,1H3,(H,12,13)(H,15,16). The molecule has 11 heteroatoms. The van der Waals surface area contributed by atoms with Crippen molar-refractivity contribution in [1.82, 2.24) is 15.2 Å². The highest BCUT2D eigenvalue weighted by Crippen LogP contribution is 2.24. The van der Waals surface area contributed by atoms with E-state index in [0.29, 0.717) is 6.42 Å². The van der Waals surface area contributed by atoms with Crippen LogP contribution in [0, 0.1) is 0 Å². The number of rotatable bonds is 5. The molecule has 0 fully saturated rings. The van der Waals surface area contributed by atoms with Crippen LogP contribution in [-0.2, 0) is 16.4 Å². The summed E-state index contributed by atoms with van der Waals surface area (Å²) in [5.74, 6) is 5.36. The van der Waals surface area contributed by atoms with Gasteiger partial charge in [-0.2, -0.15) is 0 Å². The van der Waals surface area contributed by atoms with E-state index in [1.807, 2.05) is 6.92 Å². The van der Waals surface area contributed by atoms with Crippen molar-refractivity contribution in [2.24, 2.45) is 5.84 Å². The first-order valence-corrected chi connectivity index (χ1v) is 8.11. The summed E-state index contributed by atoms with van der Waals surface area (Å²) in [7, 11) is -3.81. The van der Waals surface area contributed by atoms with Crippen LogP contribution in [0.2, 0.25) is 5.02 Å². The minimum absolute atomic E-state index is 0.0882. The second-order valence-electron chi connectivity index (χ2n) is 3.61. The lowest BCUT2D eigenvalue weighted by Gasteiger charge is -2.06. The van der Waals surface area contributed by atoms with Gasteiger partial charge in [-0.15, -0.1) is 10.2 Å². The molecule has 0 aliphatic heterocycles. The van der Waals surface area contributed by atoms with E-state index in [1.54, 1.807) is 0 Å². The number of sulfonamides is 1. The number of nitrogens with two attached hydrogens (primary N) is 1. The third-order valence-electron chi connectivity index (χ3n) is 2.25. The fourth-order valence-electron chi connectivity index (χ4n) is 1.29. The van der Waals surface area contributed by atoms with Gasteiger partial charge in [0.05, 0.1) is 5.02 Å². The summed E-state index contributed by atoms with van der Waals surface area (Å²) in [4.78, 5) is 3.72. The molecule has 2 heterocycles. The summed E-state index contributed by atoms with van der Waals surface area (Å²) >= 11 is 7.01. The summed E-state index contributed by atoms with van der Waals surface area (Å²) in [6, 6.07) is 1.24. The molecule has 0 saturated carbocycles. The molecule has 2 rings (SSSR count). The Bertz CT molecular complexity index is 717. The lowest BCUT2D eigenvalue weighted by atomic mass is 10.5. The number of hydrazine groups is 1. The van der Waals surface area contributed by atoms with Gasteiger partial charge in [0, 0.05) is 6.20 Å². The van der Waals surface area contributed by atoms with Crippen molar-refractivity contribution >= 4 is 43.9 Å². The summed E-state index contributed by atoms with van der Waals surface area (Å²) < 4.78 is 26.6. The van der Waals surface area contributed by atoms with Gasteiger partial charge in [-0.3, -0.25) is 4.72 Å². The van der Waals surface area contributed by atoms with Crippen LogP contribution >= 0.6 is 22.9 Å². The Hall–Kier alpha value is -1.49. The number of aryl methyl sites for hydroxylation is 1. The predicted molar refractivity (Wildman–Crippen MR) is 77.2 cm³/mol. The lowest BCUT2D eigenvalue weighted by Crippen LogP contribution is -2.14. The summed E-state index contributed by atoms with van der Waals surface area (Å²) in [5, 5.41) is 8.61. The van der Waals surface area contributed by atoms with Gasteiger partial charge in [-0.05, 0) is 12.5 Å². The second-order valence-corrected chi connectivity index (χ2v) is 6.76. The fraction of sp³-hybridized carbons (Fsp3) is 0.222. The number of anilines is 2. The Morgan fingerprint density at radius 1 is 1.45 bits per heavy atom. The number of aromatic nitrogens is 3. The van der Waals surface area contributed by atoms with Gasteiger partial charge in [-0.1, -0.05) is 29.9 Å². The van der Waals surface area contributed by atoms with E-state index in [9.17, 15) is 8.42 Å². The predicted octanol–water partition coefficient (Wildman–Crippen LogP) is 1.24. The maximum Gasteiger partial charge on any atom is 0.265 e. The van der Waals surface area contributed by atoms with Gasteiger partial charge in [0.15, 0.2) is 5.82 Å². The van der Waals surface area contributed by atoms with Crippen LogP contribution in [0.5, 0.6) is 0 Å². The van der Waals surface area contributed by atoms with Crippen molar-refractivity contribution in [2.75, 3.05) is 10.1 Å². The van der Waals surface area contributed by atoms with E-state index in [2.05, 4.69) is 25.3 Å². The number of nitrogens with one attached hydrogen (secondary N) is 2. The maximum atomic E-state index is 12.1. The van der Waals surface area contributed by atoms with Crippen LogP contribution in [0.15, 0.2) is 17.2 Å². The van der Waals surface area contributed by atoms with Gasteiger partial charge in [0.25, 0.3) is 10.0 Å². The van der Waals surface area contributed by atoms with E-state index in [4.69, 9.17) is 17.4 Å². The third-order valence-corrected chi connectivity index (χ3v) is 4.96. The topological polar surface area (TPSA) is 123 Å². The highest BCUT2D eigenvalue weighted by Gasteiger charge is 2.18. The molecule has 0 aromatic carbocycles. The molecule has 0 radical (unpaired) electrons. The largest absolute Gasteiger partial charge is 0.307 e. The van der Waals surface area contributed by atoms with Crippen molar-refractivity contribution in [1.29, 1.82) is 0 Å². The smallest absolute Gasteiger partial charge is 0.265 e. The minimum Gasteiger partial charge on any atom is -0.307 e. The molecule has 108 valence electrons. The van der Waals surface area contributed by atoms with Gasteiger partial charge in [0.1, 0.15) is 9.90 Å². The van der Waals surface area contributed by atoms with Crippen molar-refractivity contribution in [3.05, 3.63) is 22.3 Å². The lowest BCUT2D eigenvalue weighted by molar-refractivity contribution is 0.600. The number of nitrogen functional groups attached to an aromatic ring is 1. The molecule has 0 unspecified atom stereocenters. The molecule has 4 N–H and O–H groups in total. The summed E-state index contributed by atoms with van der Waals surface area (Å²) in [5.41, 5.74) is 2.26. The Balaban J connectivity index is 2.28. The first-order chi connectivity index (χ1) is 9.46. The summed E-state index contributed by atoms with van der Waals surface area (Å²) in [6.45, 7) is 1.90. The molecule has 0 amide bonds. The molecular formula is C9H11ClN6O2S2. The minimum atomic E-state index is -3.81. The normalized spacial score (nSPS) is 11.3. The Morgan fingerprint density at radius 2 is 2.20 bits per heavy atom. The van der Waals surface area contributed by atoms with Crippen LogP contribution < -0.4 is 16.0 Å². The van der Waals surface area contributed by atoms with Crippen LogP contribution in [0.1, 0.15) is 11.9 Å². The number of nitrogens with zero attached hydrogens (tertiary/aromatic N) is 3. The molecule has 20 heavy (non-hydrogen) atoms. The highest BCUT2D eigenvalue weighted by atomic mass is 35.5. The molecule has 2 aromatic heterocycles. The summed E-state index contributed by atoms with van der Waals surface area (Å²) in [6.07, 6.45) is 1.83. The SMILES string of the molecule is CCc1nnc(NS(=O)(=O)c2cnc(NN)c(Cl)c2)s1. The van der Waals surface area contributed by atoms with Crippen LogP contribution in [0.25, 0.3) is 0 Å². The zero-order chi connectivity index (χ0) is 14.8. The first-order valence-electron chi connectivity index (χ1n) is 5.43. The van der Waals surface area contributed by atoms with Gasteiger partial charge in [-0.25, -0.2) is 19.2 Å². The van der Waals surface area contributed by atoms with E-state index in [-0.39, 0.29) is 20.9 Å². The third kappa shape index (κ3) is 3.15. The van der Waals surface area contributed by atoms with Crippen molar-refractivity contribution in [3.8, 4) is 0 Å². The Kier molecular flexibility index (Phi) is 4.38. The molecule has 8 nitrogen and oxygen atoms in total. The number of pyridine rings is 1. The quantitative estimate of drug-likeness (QED) is 0.555. The Labute approximate surface area is 124 Å². The molecule has 0 aliphatic carbocycles. The van der Waals surface area contributed by atoms with Crippen molar-refractivity contribution in [3.63, 3.8) is 0 Å². The zero-order valence-corrected chi connectivity index (χ0v) is 12.7. The van der Waals surface area contributed by atoms with Gasteiger partial charge < -0.3 is 5.43 Å². The highest BCUT2D eigenvalue weighted by molar-refractivity contribution is 7.93. The number of hydrogen-bond donors (Lipinski definition) is 3. The molecule has 0 aliphatic rings. The van der Waals surface area contributed by atoms with Gasteiger partial charge in [0.2, 0.25) is 5.13 Å². The van der Waals surface area contributed by atoms with Crippen LogP contribution in [0.3, 0.4) is 0 Å². The Morgan fingerprint density at radius 3 is 2.75 bits per heavy atom. The van der Waals surface area contributed by atoms with E-state index >= 15 is 0 Å². The molecule has 0 spiro atoms. The molecule has 0 bridgehead atoms. The van der Waals surface area contributed by atoms with Crippen LogP contribution in [-0.4, -0.2) is 23.6 Å². The molecular weight excluding hydrogens is 324 g/mol. The molecule has 0 atom stereocenters. The zero-order valence-electron chi connectivity index (χ0n) is 10.3. The average Bonchev–Trinajstić information content (AvgIpc) is 2.85.